The van der Waals surface area contributed by atoms with Crippen LogP contribution in [0.4, 0.5) is 0 Å². The third-order valence-corrected chi connectivity index (χ3v) is 2.59. The minimum absolute atomic E-state index is 0.356. The summed E-state index contributed by atoms with van der Waals surface area (Å²) in [5, 5.41) is 9.67. The fourth-order valence-corrected chi connectivity index (χ4v) is 1.66. The SMILES string of the molecule is C[C@@H]1CCC[C@@](C)(O)CC1. The van der Waals surface area contributed by atoms with Crippen molar-refractivity contribution >= 4 is 0 Å². The van der Waals surface area contributed by atoms with E-state index in [1.165, 1.54) is 19.3 Å². The molecule has 0 amide bonds. The summed E-state index contributed by atoms with van der Waals surface area (Å²) in [6.07, 6.45) is 5.70. The van der Waals surface area contributed by atoms with Gasteiger partial charge in [-0.1, -0.05) is 19.8 Å². The van der Waals surface area contributed by atoms with E-state index in [1.807, 2.05) is 6.92 Å². The van der Waals surface area contributed by atoms with Gasteiger partial charge in [0.2, 0.25) is 0 Å². The zero-order chi connectivity index (χ0) is 7.61. The third kappa shape index (κ3) is 2.30. The number of hydrogen-bond donors (Lipinski definition) is 1. The van der Waals surface area contributed by atoms with E-state index in [0.717, 1.165) is 18.8 Å². The van der Waals surface area contributed by atoms with E-state index in [-0.39, 0.29) is 5.60 Å². The number of aliphatic hydroxyl groups is 1. The molecule has 0 unspecified atom stereocenters. The molecule has 0 aromatic heterocycles. The minimum Gasteiger partial charge on any atom is -0.390 e. The first-order valence-electron chi connectivity index (χ1n) is 4.32. The largest absolute Gasteiger partial charge is 0.390 e. The maximum absolute atomic E-state index is 9.67. The van der Waals surface area contributed by atoms with Crippen molar-refractivity contribution in [2.75, 3.05) is 0 Å². The van der Waals surface area contributed by atoms with Crippen LogP contribution in [0.1, 0.15) is 46.0 Å². The predicted octanol–water partition coefficient (Wildman–Crippen LogP) is 2.34. The van der Waals surface area contributed by atoms with Crippen LogP contribution in [0, 0.1) is 5.92 Å². The monoisotopic (exact) mass is 142 g/mol. The molecule has 0 aromatic carbocycles. The lowest BCUT2D eigenvalue weighted by Crippen LogP contribution is -2.22. The molecular formula is C9H18O. The van der Waals surface area contributed by atoms with Crippen LogP contribution in [0.3, 0.4) is 0 Å². The lowest BCUT2D eigenvalue weighted by atomic mass is 9.97. The summed E-state index contributed by atoms with van der Waals surface area (Å²) in [6, 6.07) is 0. The maximum atomic E-state index is 9.67. The Morgan fingerprint density at radius 2 is 2.00 bits per heavy atom. The molecule has 0 aliphatic heterocycles. The maximum Gasteiger partial charge on any atom is 0.0619 e. The highest BCUT2D eigenvalue weighted by Gasteiger charge is 2.23. The molecule has 10 heavy (non-hydrogen) atoms. The summed E-state index contributed by atoms with van der Waals surface area (Å²) in [5.74, 6) is 0.828. The van der Waals surface area contributed by atoms with Gasteiger partial charge in [0.1, 0.15) is 0 Å². The Kier molecular flexibility index (Phi) is 2.35. The summed E-state index contributed by atoms with van der Waals surface area (Å²) >= 11 is 0. The van der Waals surface area contributed by atoms with Crippen molar-refractivity contribution in [3.63, 3.8) is 0 Å². The van der Waals surface area contributed by atoms with Crippen molar-refractivity contribution in [1.82, 2.24) is 0 Å². The lowest BCUT2D eigenvalue weighted by molar-refractivity contribution is 0.0435. The standard InChI is InChI=1S/C9H18O/c1-8-4-3-6-9(2,10)7-5-8/h8,10H,3-7H2,1-2H3/t8-,9-/m1/s1. The van der Waals surface area contributed by atoms with E-state index in [4.69, 9.17) is 0 Å². The number of rotatable bonds is 0. The van der Waals surface area contributed by atoms with E-state index in [9.17, 15) is 5.11 Å². The van der Waals surface area contributed by atoms with Gasteiger partial charge in [-0.05, 0) is 32.1 Å². The predicted molar refractivity (Wildman–Crippen MR) is 42.9 cm³/mol. The fourth-order valence-electron chi connectivity index (χ4n) is 1.66. The van der Waals surface area contributed by atoms with E-state index < -0.39 is 0 Å². The van der Waals surface area contributed by atoms with E-state index >= 15 is 0 Å². The van der Waals surface area contributed by atoms with E-state index in [2.05, 4.69) is 6.92 Å². The van der Waals surface area contributed by atoms with Gasteiger partial charge < -0.3 is 5.11 Å². The third-order valence-electron chi connectivity index (χ3n) is 2.59. The average molecular weight is 142 g/mol. The molecule has 1 heteroatoms. The van der Waals surface area contributed by atoms with Gasteiger partial charge in [-0.2, -0.15) is 0 Å². The summed E-state index contributed by atoms with van der Waals surface area (Å²) in [7, 11) is 0. The Morgan fingerprint density at radius 3 is 2.70 bits per heavy atom. The summed E-state index contributed by atoms with van der Waals surface area (Å²) in [4.78, 5) is 0. The molecule has 1 fully saturated rings. The molecule has 1 N–H and O–H groups in total. The quantitative estimate of drug-likeness (QED) is 0.515. The Bertz CT molecular complexity index is 107. The molecule has 0 saturated heterocycles. The van der Waals surface area contributed by atoms with Crippen LogP contribution in [-0.2, 0) is 0 Å². The topological polar surface area (TPSA) is 20.2 Å². The molecule has 60 valence electrons. The Hall–Kier alpha value is -0.0400. The first-order valence-corrected chi connectivity index (χ1v) is 4.32. The Balaban J connectivity index is 2.41. The highest BCUT2D eigenvalue weighted by molar-refractivity contribution is 4.77. The van der Waals surface area contributed by atoms with Gasteiger partial charge >= 0.3 is 0 Å². The van der Waals surface area contributed by atoms with Crippen molar-refractivity contribution < 1.29 is 5.11 Å². The fraction of sp³-hybridized carbons (Fsp3) is 1.00. The van der Waals surface area contributed by atoms with Crippen LogP contribution < -0.4 is 0 Å². The molecule has 1 nitrogen and oxygen atoms in total. The molecule has 0 heterocycles. The molecule has 1 aliphatic rings. The van der Waals surface area contributed by atoms with Gasteiger partial charge in [0, 0.05) is 0 Å². The van der Waals surface area contributed by atoms with Crippen LogP contribution in [0.2, 0.25) is 0 Å². The Labute approximate surface area is 63.4 Å². The molecule has 0 radical (unpaired) electrons. The lowest BCUT2D eigenvalue weighted by Gasteiger charge is -2.19. The minimum atomic E-state index is -0.356. The van der Waals surface area contributed by atoms with Crippen molar-refractivity contribution in [3.05, 3.63) is 0 Å². The van der Waals surface area contributed by atoms with Crippen molar-refractivity contribution in [1.29, 1.82) is 0 Å². The number of hydrogen-bond acceptors (Lipinski definition) is 1. The van der Waals surface area contributed by atoms with Gasteiger partial charge in [-0.25, -0.2) is 0 Å². The average Bonchev–Trinajstić information content (AvgIpc) is 1.94. The highest BCUT2D eigenvalue weighted by atomic mass is 16.3. The van der Waals surface area contributed by atoms with Crippen molar-refractivity contribution in [2.24, 2.45) is 5.92 Å². The Morgan fingerprint density at radius 1 is 1.30 bits per heavy atom. The van der Waals surface area contributed by atoms with Crippen LogP contribution in [0.5, 0.6) is 0 Å². The van der Waals surface area contributed by atoms with E-state index in [0.29, 0.717) is 0 Å². The second-order valence-electron chi connectivity index (χ2n) is 4.03. The van der Waals surface area contributed by atoms with Crippen molar-refractivity contribution in [2.45, 2.75) is 51.6 Å². The summed E-state index contributed by atoms with van der Waals surface area (Å²) in [5.41, 5.74) is -0.356. The first-order chi connectivity index (χ1) is 4.60. The van der Waals surface area contributed by atoms with Crippen molar-refractivity contribution in [3.8, 4) is 0 Å². The summed E-state index contributed by atoms with van der Waals surface area (Å²) < 4.78 is 0. The van der Waals surface area contributed by atoms with Crippen LogP contribution in [-0.4, -0.2) is 10.7 Å². The van der Waals surface area contributed by atoms with Crippen LogP contribution in [0.25, 0.3) is 0 Å². The zero-order valence-electron chi connectivity index (χ0n) is 7.06. The zero-order valence-corrected chi connectivity index (χ0v) is 7.06. The first kappa shape index (κ1) is 8.06. The van der Waals surface area contributed by atoms with E-state index in [1.54, 1.807) is 0 Å². The smallest absolute Gasteiger partial charge is 0.0619 e. The molecule has 1 rings (SSSR count). The van der Waals surface area contributed by atoms with Gasteiger partial charge in [-0.15, -0.1) is 0 Å². The molecule has 2 atom stereocenters. The second-order valence-corrected chi connectivity index (χ2v) is 4.03. The molecule has 1 aliphatic carbocycles. The second kappa shape index (κ2) is 2.91. The molecule has 0 bridgehead atoms. The summed E-state index contributed by atoms with van der Waals surface area (Å²) in [6.45, 7) is 4.24. The molecule has 1 saturated carbocycles. The van der Waals surface area contributed by atoms with Crippen LogP contribution >= 0.6 is 0 Å². The van der Waals surface area contributed by atoms with Gasteiger partial charge in [0.05, 0.1) is 5.60 Å². The van der Waals surface area contributed by atoms with Gasteiger partial charge in [0.15, 0.2) is 0 Å². The van der Waals surface area contributed by atoms with Gasteiger partial charge in [-0.3, -0.25) is 0 Å². The van der Waals surface area contributed by atoms with Crippen LogP contribution in [0.15, 0.2) is 0 Å². The molecular weight excluding hydrogens is 124 g/mol. The highest BCUT2D eigenvalue weighted by Crippen LogP contribution is 2.29. The van der Waals surface area contributed by atoms with Gasteiger partial charge in [0.25, 0.3) is 0 Å². The molecule has 0 spiro atoms. The molecule has 0 aromatic rings. The normalized spacial score (nSPS) is 42.9.